The fourth-order valence-electron chi connectivity index (χ4n) is 1.75. The highest BCUT2D eigenvalue weighted by Gasteiger charge is 2.12. The second kappa shape index (κ2) is 6.60. The van der Waals surface area contributed by atoms with Crippen molar-refractivity contribution in [1.82, 2.24) is 0 Å². The first-order valence-electron chi connectivity index (χ1n) is 5.70. The van der Waals surface area contributed by atoms with E-state index in [1.165, 1.54) is 10.4 Å². The number of hydrogen-bond acceptors (Lipinski definition) is 2. The van der Waals surface area contributed by atoms with Gasteiger partial charge < -0.3 is 4.74 Å². The molecule has 1 aromatic carbocycles. The molecule has 1 unspecified atom stereocenters. The minimum Gasteiger partial charge on any atom is -0.497 e. The first kappa shape index (κ1) is 13.9. The highest BCUT2D eigenvalue weighted by Crippen LogP contribution is 2.35. The van der Waals surface area contributed by atoms with Gasteiger partial charge in [0.25, 0.3) is 0 Å². The summed E-state index contributed by atoms with van der Waals surface area (Å²) in [6.45, 7) is 0. The largest absolute Gasteiger partial charge is 0.497 e. The molecule has 0 aliphatic carbocycles. The van der Waals surface area contributed by atoms with Crippen molar-refractivity contribution in [3.05, 3.63) is 50.6 Å². The Morgan fingerprint density at radius 2 is 2.00 bits per heavy atom. The summed E-state index contributed by atoms with van der Waals surface area (Å²) in [6, 6.07) is 10.2. The molecule has 0 fully saturated rings. The van der Waals surface area contributed by atoms with Crippen LogP contribution < -0.4 is 4.74 Å². The van der Waals surface area contributed by atoms with Crippen molar-refractivity contribution >= 4 is 38.9 Å². The highest BCUT2D eigenvalue weighted by molar-refractivity contribution is 9.10. The SMILES string of the molecule is COc1ccc(CCC(Cl)c2sccc2Br)cc1. The van der Waals surface area contributed by atoms with Crippen LogP contribution in [0.2, 0.25) is 0 Å². The van der Waals surface area contributed by atoms with Gasteiger partial charge in [-0.05, 0) is 57.9 Å². The monoisotopic (exact) mass is 344 g/mol. The topological polar surface area (TPSA) is 9.23 Å². The first-order valence-corrected chi connectivity index (χ1v) is 7.81. The van der Waals surface area contributed by atoms with Gasteiger partial charge in [-0.2, -0.15) is 0 Å². The number of alkyl halides is 1. The molecular formula is C14H14BrClOS. The molecule has 1 heterocycles. The third-order valence-electron chi connectivity index (χ3n) is 2.77. The van der Waals surface area contributed by atoms with E-state index in [0.717, 1.165) is 23.1 Å². The molecule has 0 saturated carbocycles. The van der Waals surface area contributed by atoms with Gasteiger partial charge in [-0.3, -0.25) is 0 Å². The van der Waals surface area contributed by atoms with Crippen LogP contribution in [-0.2, 0) is 6.42 Å². The summed E-state index contributed by atoms with van der Waals surface area (Å²) >= 11 is 11.6. The maximum Gasteiger partial charge on any atom is 0.118 e. The number of ether oxygens (including phenoxy) is 1. The van der Waals surface area contributed by atoms with Gasteiger partial charge in [0.1, 0.15) is 5.75 Å². The van der Waals surface area contributed by atoms with Crippen LogP contribution >= 0.6 is 38.9 Å². The Balaban J connectivity index is 1.93. The van der Waals surface area contributed by atoms with Crippen LogP contribution in [0.25, 0.3) is 0 Å². The normalized spacial score (nSPS) is 12.4. The Labute approximate surface area is 125 Å². The minimum absolute atomic E-state index is 0.0708. The number of benzene rings is 1. The highest BCUT2D eigenvalue weighted by atomic mass is 79.9. The van der Waals surface area contributed by atoms with Crippen molar-refractivity contribution in [2.24, 2.45) is 0 Å². The predicted molar refractivity (Wildman–Crippen MR) is 81.9 cm³/mol. The van der Waals surface area contributed by atoms with E-state index in [1.807, 2.05) is 18.2 Å². The lowest BCUT2D eigenvalue weighted by molar-refractivity contribution is 0.414. The van der Waals surface area contributed by atoms with Crippen LogP contribution in [0.15, 0.2) is 40.2 Å². The molecular weight excluding hydrogens is 332 g/mol. The second-order valence-electron chi connectivity index (χ2n) is 3.99. The number of hydrogen-bond donors (Lipinski definition) is 0. The van der Waals surface area contributed by atoms with Crippen LogP contribution in [0.4, 0.5) is 0 Å². The van der Waals surface area contributed by atoms with Crippen LogP contribution in [0.5, 0.6) is 5.75 Å². The van der Waals surface area contributed by atoms with E-state index < -0.39 is 0 Å². The van der Waals surface area contributed by atoms with E-state index in [2.05, 4.69) is 33.4 Å². The molecule has 0 aliphatic heterocycles. The van der Waals surface area contributed by atoms with E-state index in [-0.39, 0.29) is 5.38 Å². The van der Waals surface area contributed by atoms with Crippen molar-refractivity contribution in [2.75, 3.05) is 7.11 Å². The lowest BCUT2D eigenvalue weighted by atomic mass is 10.1. The lowest BCUT2D eigenvalue weighted by Crippen LogP contribution is -1.93. The fourth-order valence-corrected chi connectivity index (χ4v) is 3.92. The van der Waals surface area contributed by atoms with E-state index in [1.54, 1.807) is 18.4 Å². The smallest absolute Gasteiger partial charge is 0.118 e. The molecule has 0 spiro atoms. The number of rotatable bonds is 5. The van der Waals surface area contributed by atoms with Gasteiger partial charge in [0.15, 0.2) is 0 Å². The second-order valence-corrected chi connectivity index (χ2v) is 6.32. The number of aryl methyl sites for hydroxylation is 1. The predicted octanol–water partition coefficient (Wildman–Crippen LogP) is 5.43. The quantitative estimate of drug-likeness (QED) is 0.656. The minimum atomic E-state index is 0.0708. The van der Waals surface area contributed by atoms with Gasteiger partial charge in [0, 0.05) is 9.35 Å². The van der Waals surface area contributed by atoms with Crippen molar-refractivity contribution in [2.45, 2.75) is 18.2 Å². The fraction of sp³-hybridized carbons (Fsp3) is 0.286. The van der Waals surface area contributed by atoms with Crippen LogP contribution in [-0.4, -0.2) is 7.11 Å². The molecule has 2 rings (SSSR count). The van der Waals surface area contributed by atoms with Gasteiger partial charge in [0.05, 0.1) is 12.5 Å². The van der Waals surface area contributed by atoms with Gasteiger partial charge in [-0.15, -0.1) is 22.9 Å². The van der Waals surface area contributed by atoms with Gasteiger partial charge in [0.2, 0.25) is 0 Å². The molecule has 18 heavy (non-hydrogen) atoms. The Bertz CT molecular complexity index is 495. The molecule has 1 nitrogen and oxygen atoms in total. The molecule has 0 N–H and O–H groups in total. The number of methoxy groups -OCH3 is 1. The van der Waals surface area contributed by atoms with Crippen molar-refractivity contribution in [1.29, 1.82) is 0 Å². The summed E-state index contributed by atoms with van der Waals surface area (Å²) in [5.74, 6) is 0.891. The molecule has 0 bridgehead atoms. The van der Waals surface area contributed by atoms with Crippen molar-refractivity contribution in [3.8, 4) is 5.75 Å². The lowest BCUT2D eigenvalue weighted by Gasteiger charge is -2.08. The molecule has 0 aliphatic rings. The van der Waals surface area contributed by atoms with E-state index in [9.17, 15) is 0 Å². The summed E-state index contributed by atoms with van der Waals surface area (Å²) < 4.78 is 6.25. The van der Waals surface area contributed by atoms with E-state index in [4.69, 9.17) is 16.3 Å². The average molecular weight is 346 g/mol. The zero-order valence-electron chi connectivity index (χ0n) is 10.0. The van der Waals surface area contributed by atoms with Gasteiger partial charge in [-0.1, -0.05) is 12.1 Å². The summed E-state index contributed by atoms with van der Waals surface area (Å²) in [4.78, 5) is 1.21. The van der Waals surface area contributed by atoms with E-state index in [0.29, 0.717) is 0 Å². The molecule has 2 aromatic rings. The average Bonchev–Trinajstić information content (AvgIpc) is 2.83. The van der Waals surface area contributed by atoms with Crippen molar-refractivity contribution < 1.29 is 4.74 Å². The molecule has 1 aromatic heterocycles. The standard InChI is InChI=1S/C14H14BrClOS/c1-17-11-5-2-10(3-6-11)4-7-13(16)14-12(15)8-9-18-14/h2-3,5-6,8-9,13H,4,7H2,1H3. The van der Waals surface area contributed by atoms with Crippen molar-refractivity contribution in [3.63, 3.8) is 0 Å². The first-order chi connectivity index (χ1) is 8.70. The zero-order chi connectivity index (χ0) is 13.0. The van der Waals surface area contributed by atoms with Crippen LogP contribution in [0.1, 0.15) is 22.2 Å². The molecule has 1 atom stereocenters. The Hall–Kier alpha value is -0.510. The summed E-state index contributed by atoms with van der Waals surface area (Å²) in [5.41, 5.74) is 1.29. The molecule has 0 saturated heterocycles. The Kier molecular flexibility index (Phi) is 5.10. The summed E-state index contributed by atoms with van der Waals surface area (Å²) in [7, 11) is 1.68. The molecule has 0 amide bonds. The maximum atomic E-state index is 6.42. The zero-order valence-corrected chi connectivity index (χ0v) is 13.2. The third kappa shape index (κ3) is 3.50. The third-order valence-corrected chi connectivity index (χ3v) is 5.33. The molecule has 4 heteroatoms. The van der Waals surface area contributed by atoms with Gasteiger partial charge in [-0.25, -0.2) is 0 Å². The number of halogens is 2. The summed E-state index contributed by atoms with van der Waals surface area (Å²) in [6.07, 6.45) is 1.91. The number of thiophene rings is 1. The summed E-state index contributed by atoms with van der Waals surface area (Å²) in [5, 5.41) is 2.13. The van der Waals surface area contributed by atoms with Gasteiger partial charge >= 0.3 is 0 Å². The Morgan fingerprint density at radius 3 is 2.56 bits per heavy atom. The molecule has 96 valence electrons. The molecule has 0 radical (unpaired) electrons. The maximum absolute atomic E-state index is 6.42. The Morgan fingerprint density at radius 1 is 1.28 bits per heavy atom. The van der Waals surface area contributed by atoms with E-state index >= 15 is 0 Å². The van der Waals surface area contributed by atoms with Crippen LogP contribution in [0.3, 0.4) is 0 Å². The van der Waals surface area contributed by atoms with Crippen LogP contribution in [0, 0.1) is 0 Å².